The zero-order valence-corrected chi connectivity index (χ0v) is 24.6. The second-order valence-corrected chi connectivity index (χ2v) is 12.3. The summed E-state index contributed by atoms with van der Waals surface area (Å²) in [6, 6.07) is 20.3. The summed E-state index contributed by atoms with van der Waals surface area (Å²) in [7, 11) is 0. The summed E-state index contributed by atoms with van der Waals surface area (Å²) in [6.45, 7) is 4.38. The van der Waals surface area contributed by atoms with E-state index in [0.717, 1.165) is 79.4 Å². The van der Waals surface area contributed by atoms with Crippen molar-refractivity contribution in [3.05, 3.63) is 93.5 Å². The highest BCUT2D eigenvalue weighted by molar-refractivity contribution is 5.72. The summed E-state index contributed by atoms with van der Waals surface area (Å²) < 4.78 is 10.1. The van der Waals surface area contributed by atoms with Gasteiger partial charge in [0.1, 0.15) is 11.7 Å². The summed E-state index contributed by atoms with van der Waals surface area (Å²) in [5, 5.41) is 25.6. The Hall–Kier alpha value is -3.73. The van der Waals surface area contributed by atoms with Gasteiger partial charge in [-0.25, -0.2) is 4.52 Å². The van der Waals surface area contributed by atoms with Gasteiger partial charge in [-0.05, 0) is 74.5 Å². The molecule has 7 heteroatoms. The van der Waals surface area contributed by atoms with Gasteiger partial charge in [-0.2, -0.15) is 10.4 Å². The number of ether oxygens (including phenoxy) is 1. The van der Waals surface area contributed by atoms with Crippen molar-refractivity contribution in [2.45, 2.75) is 89.4 Å². The zero-order valence-electron chi connectivity index (χ0n) is 24.6. The van der Waals surface area contributed by atoms with Crippen LogP contribution >= 0.6 is 0 Å². The average Bonchev–Trinajstić information content (AvgIpc) is 3.78. The number of fused-ring (bicyclic) bond motifs is 1. The van der Waals surface area contributed by atoms with Crippen molar-refractivity contribution in [2.24, 2.45) is 5.92 Å². The van der Waals surface area contributed by atoms with Gasteiger partial charge in [-0.3, -0.25) is 9.36 Å². The van der Waals surface area contributed by atoms with E-state index in [1.165, 1.54) is 0 Å². The Morgan fingerprint density at radius 3 is 2.50 bits per heavy atom. The fourth-order valence-corrected chi connectivity index (χ4v) is 6.72. The minimum Gasteiger partial charge on any atom is -0.387 e. The minimum atomic E-state index is -0.748. The lowest BCUT2D eigenvalue weighted by Crippen LogP contribution is -2.38. The molecular formula is C35H40N4O3. The molecule has 0 aliphatic heterocycles. The predicted molar refractivity (Wildman–Crippen MR) is 163 cm³/mol. The Balaban J connectivity index is 1.33. The van der Waals surface area contributed by atoms with Crippen molar-refractivity contribution in [1.82, 2.24) is 14.2 Å². The normalized spacial score (nSPS) is 20.3. The molecular weight excluding hydrogens is 524 g/mol. The van der Waals surface area contributed by atoms with Gasteiger partial charge in [0.25, 0.3) is 5.56 Å². The maximum atomic E-state index is 14.4. The van der Waals surface area contributed by atoms with Gasteiger partial charge in [0, 0.05) is 24.1 Å². The first-order valence-corrected chi connectivity index (χ1v) is 15.4. The molecule has 42 heavy (non-hydrogen) atoms. The first-order valence-electron chi connectivity index (χ1n) is 15.4. The van der Waals surface area contributed by atoms with Crippen LogP contribution in [0.1, 0.15) is 87.2 Å². The van der Waals surface area contributed by atoms with E-state index >= 15 is 0 Å². The first-order chi connectivity index (χ1) is 20.4. The molecule has 7 nitrogen and oxygen atoms in total. The van der Waals surface area contributed by atoms with E-state index in [-0.39, 0.29) is 17.7 Å². The van der Waals surface area contributed by atoms with Crippen molar-refractivity contribution in [3.63, 3.8) is 0 Å². The Bertz CT molecular complexity index is 1650. The highest BCUT2D eigenvalue weighted by atomic mass is 16.5. The van der Waals surface area contributed by atoms with Crippen LogP contribution in [0.25, 0.3) is 16.8 Å². The second kappa shape index (κ2) is 11.9. The van der Waals surface area contributed by atoms with Gasteiger partial charge in [-0.15, -0.1) is 0 Å². The van der Waals surface area contributed by atoms with E-state index in [1.54, 1.807) is 6.20 Å². The highest BCUT2D eigenvalue weighted by Gasteiger charge is 2.41. The van der Waals surface area contributed by atoms with Gasteiger partial charge in [0.2, 0.25) is 0 Å². The molecule has 2 heterocycles. The molecule has 0 bridgehead atoms. The van der Waals surface area contributed by atoms with E-state index in [0.29, 0.717) is 30.1 Å². The number of nitriles is 1. The third-order valence-electron chi connectivity index (χ3n) is 9.23. The predicted octanol–water partition coefficient (Wildman–Crippen LogP) is 6.24. The van der Waals surface area contributed by atoms with E-state index in [4.69, 9.17) is 4.74 Å². The monoisotopic (exact) mass is 564 g/mol. The number of hydrogen-bond acceptors (Lipinski definition) is 5. The summed E-state index contributed by atoms with van der Waals surface area (Å²) in [5.74, 6) is 0.359. The zero-order chi connectivity index (χ0) is 29.3. The van der Waals surface area contributed by atoms with E-state index in [2.05, 4.69) is 18.1 Å². The molecule has 4 aromatic rings. The van der Waals surface area contributed by atoms with Crippen molar-refractivity contribution in [3.8, 4) is 17.2 Å². The number of benzene rings is 2. The standard InChI is InChI=1S/C35H40N4O3/c1-3-8-32-30(21-25-11-7-12-29(31(25)22-36)24-9-5-4-6-10-24)34(40)38(33-19-20-37-39(32)33)27-15-17-28(18-16-27)42-23-35(2,41)26-13-14-26/h4-7,9-12,19-20,26-28,41H,3,8,13-18,21,23H2,1-2H3. The molecule has 1 unspecified atom stereocenters. The smallest absolute Gasteiger partial charge is 0.257 e. The largest absolute Gasteiger partial charge is 0.387 e. The molecule has 0 radical (unpaired) electrons. The van der Waals surface area contributed by atoms with Crippen molar-refractivity contribution >= 4 is 5.65 Å². The van der Waals surface area contributed by atoms with Crippen molar-refractivity contribution in [1.29, 1.82) is 5.26 Å². The van der Waals surface area contributed by atoms with Crippen LogP contribution < -0.4 is 5.56 Å². The van der Waals surface area contributed by atoms with Crippen LogP contribution in [-0.4, -0.2) is 37.6 Å². The number of nitrogens with zero attached hydrogens (tertiary/aromatic N) is 4. The van der Waals surface area contributed by atoms with Crippen LogP contribution in [0.2, 0.25) is 0 Å². The highest BCUT2D eigenvalue weighted by Crippen LogP contribution is 2.40. The minimum absolute atomic E-state index is 0.0153. The molecule has 2 aromatic carbocycles. The molecule has 1 atom stereocenters. The fourth-order valence-electron chi connectivity index (χ4n) is 6.72. The summed E-state index contributed by atoms with van der Waals surface area (Å²) in [6.07, 6.45) is 9.38. The lowest BCUT2D eigenvalue weighted by atomic mass is 9.91. The Morgan fingerprint density at radius 1 is 1.05 bits per heavy atom. The molecule has 2 aliphatic carbocycles. The maximum Gasteiger partial charge on any atom is 0.257 e. The number of aryl methyl sites for hydroxylation is 1. The van der Waals surface area contributed by atoms with Gasteiger partial charge in [0.15, 0.2) is 0 Å². The van der Waals surface area contributed by atoms with Crippen molar-refractivity contribution < 1.29 is 9.84 Å². The van der Waals surface area contributed by atoms with Gasteiger partial charge in [0.05, 0.1) is 35.8 Å². The molecule has 2 aromatic heterocycles. The van der Waals surface area contributed by atoms with Crippen LogP contribution in [0.15, 0.2) is 65.6 Å². The summed E-state index contributed by atoms with van der Waals surface area (Å²) in [5.41, 5.74) is 5.06. The van der Waals surface area contributed by atoms with Crippen LogP contribution in [-0.2, 0) is 17.6 Å². The van der Waals surface area contributed by atoms with Gasteiger partial charge < -0.3 is 9.84 Å². The SMILES string of the molecule is CCCc1c(Cc2cccc(-c3ccccc3)c2C#N)c(=O)n(C2CCC(OCC(C)(O)C3CC3)CC2)c2ccnn12. The number of aromatic nitrogens is 3. The van der Waals surface area contributed by atoms with Gasteiger partial charge in [-0.1, -0.05) is 61.9 Å². The lowest BCUT2D eigenvalue weighted by molar-refractivity contribution is -0.0845. The van der Waals surface area contributed by atoms with Crippen LogP contribution in [0.5, 0.6) is 0 Å². The molecule has 0 spiro atoms. The number of hydrogen-bond donors (Lipinski definition) is 1. The van der Waals surface area contributed by atoms with Gasteiger partial charge >= 0.3 is 0 Å². The molecule has 0 amide bonds. The Kier molecular flexibility index (Phi) is 8.02. The third-order valence-corrected chi connectivity index (χ3v) is 9.23. The van der Waals surface area contributed by atoms with E-state index in [9.17, 15) is 15.2 Å². The molecule has 6 rings (SSSR count). The first kappa shape index (κ1) is 28.4. The molecule has 1 N–H and O–H groups in total. The van der Waals surface area contributed by atoms with E-state index < -0.39 is 5.60 Å². The average molecular weight is 565 g/mol. The Labute approximate surface area is 247 Å². The summed E-state index contributed by atoms with van der Waals surface area (Å²) >= 11 is 0. The second-order valence-electron chi connectivity index (χ2n) is 12.3. The van der Waals surface area contributed by atoms with E-state index in [1.807, 2.05) is 70.6 Å². The maximum absolute atomic E-state index is 14.4. The molecule has 2 fully saturated rings. The lowest BCUT2D eigenvalue weighted by Gasteiger charge is -2.33. The Morgan fingerprint density at radius 2 is 1.81 bits per heavy atom. The fraction of sp³-hybridized carbons (Fsp3) is 0.457. The van der Waals surface area contributed by atoms with Crippen LogP contribution in [0.4, 0.5) is 0 Å². The summed E-state index contributed by atoms with van der Waals surface area (Å²) in [4.78, 5) is 14.4. The van der Waals surface area contributed by atoms with Crippen LogP contribution in [0.3, 0.4) is 0 Å². The third kappa shape index (κ3) is 5.54. The molecule has 0 saturated heterocycles. The number of aliphatic hydroxyl groups is 1. The number of rotatable bonds is 10. The molecule has 2 saturated carbocycles. The quantitative estimate of drug-likeness (QED) is 0.246. The topological polar surface area (TPSA) is 92.5 Å². The van der Waals surface area contributed by atoms with Crippen molar-refractivity contribution in [2.75, 3.05) is 6.61 Å². The molecule has 2 aliphatic rings. The van der Waals surface area contributed by atoms with Crippen LogP contribution in [0, 0.1) is 17.2 Å². The molecule has 218 valence electrons.